The van der Waals surface area contributed by atoms with Gasteiger partial charge in [-0.2, -0.15) is 0 Å². The third kappa shape index (κ3) is 2.05. The number of fused-ring (bicyclic) bond motifs is 1. The van der Waals surface area contributed by atoms with E-state index >= 15 is 0 Å². The van der Waals surface area contributed by atoms with Gasteiger partial charge in [0.1, 0.15) is 0 Å². The van der Waals surface area contributed by atoms with Gasteiger partial charge in [0.15, 0.2) is 0 Å². The fraction of sp³-hybridized carbons (Fsp3) is 0.0526. The molecule has 1 aliphatic carbocycles. The lowest BCUT2D eigenvalue weighted by molar-refractivity contribution is 0.951. The van der Waals surface area contributed by atoms with Crippen molar-refractivity contribution in [3.05, 3.63) is 102 Å². The van der Waals surface area contributed by atoms with Gasteiger partial charge in [-0.3, -0.25) is 9.97 Å². The first kappa shape index (κ1) is 12.0. The molecule has 100 valence electrons. The highest BCUT2D eigenvalue weighted by atomic mass is 14.8. The fourth-order valence-electron chi connectivity index (χ4n) is 2.87. The molecule has 0 fully saturated rings. The number of benzene rings is 2. The number of hydrogen-bond acceptors (Lipinski definition) is 2. The molecule has 0 saturated carbocycles. The van der Waals surface area contributed by atoms with E-state index in [4.69, 9.17) is 0 Å². The monoisotopic (exact) mass is 270 g/mol. The summed E-state index contributed by atoms with van der Waals surface area (Å²) in [5.41, 5.74) is 5.66. The van der Waals surface area contributed by atoms with Crippen LogP contribution in [0.4, 0.5) is 0 Å². The van der Waals surface area contributed by atoms with Crippen molar-refractivity contribution in [2.75, 3.05) is 0 Å². The van der Waals surface area contributed by atoms with Gasteiger partial charge in [0.25, 0.3) is 0 Å². The standard InChI is InChI=1S/C19H14N2/c1-3-7-14(8-4-1)16-13-17(15-9-5-2-6-10-15)19-18(16)20-11-12-21-19/h1-13,16H. The van der Waals surface area contributed by atoms with Crippen LogP contribution >= 0.6 is 0 Å². The van der Waals surface area contributed by atoms with Crippen LogP contribution in [0.25, 0.3) is 5.57 Å². The Morgan fingerprint density at radius 3 is 2.14 bits per heavy atom. The van der Waals surface area contributed by atoms with Crippen molar-refractivity contribution >= 4 is 5.57 Å². The number of nitrogens with zero attached hydrogens (tertiary/aromatic N) is 2. The number of rotatable bonds is 2. The minimum Gasteiger partial charge on any atom is -0.256 e. The molecule has 2 aromatic carbocycles. The molecule has 21 heavy (non-hydrogen) atoms. The Morgan fingerprint density at radius 2 is 1.38 bits per heavy atom. The maximum absolute atomic E-state index is 4.58. The first-order chi connectivity index (χ1) is 10.4. The fourth-order valence-corrected chi connectivity index (χ4v) is 2.87. The van der Waals surface area contributed by atoms with Crippen molar-refractivity contribution < 1.29 is 0 Å². The second-order valence-electron chi connectivity index (χ2n) is 5.12. The van der Waals surface area contributed by atoms with Gasteiger partial charge in [-0.05, 0) is 11.1 Å². The normalized spacial score (nSPS) is 16.4. The lowest BCUT2D eigenvalue weighted by Gasteiger charge is -2.08. The summed E-state index contributed by atoms with van der Waals surface area (Å²) in [4.78, 5) is 9.14. The lowest BCUT2D eigenvalue weighted by atomic mass is 9.98. The predicted octanol–water partition coefficient (Wildman–Crippen LogP) is 4.05. The molecular formula is C19H14N2. The van der Waals surface area contributed by atoms with E-state index in [-0.39, 0.29) is 5.92 Å². The van der Waals surface area contributed by atoms with Crippen molar-refractivity contribution in [3.8, 4) is 0 Å². The van der Waals surface area contributed by atoms with E-state index in [9.17, 15) is 0 Å². The van der Waals surface area contributed by atoms with Crippen molar-refractivity contribution in [3.63, 3.8) is 0 Å². The summed E-state index contributed by atoms with van der Waals surface area (Å²) in [6.07, 6.45) is 5.81. The van der Waals surface area contributed by atoms with Crippen LogP contribution in [0.3, 0.4) is 0 Å². The molecule has 1 aromatic heterocycles. The van der Waals surface area contributed by atoms with E-state index in [0.717, 1.165) is 11.4 Å². The Hall–Kier alpha value is -2.74. The maximum atomic E-state index is 4.58. The summed E-state index contributed by atoms with van der Waals surface area (Å²) < 4.78 is 0. The van der Waals surface area contributed by atoms with Crippen LogP contribution in [0.1, 0.15) is 28.4 Å². The largest absolute Gasteiger partial charge is 0.256 e. The van der Waals surface area contributed by atoms with Crippen LogP contribution in [0, 0.1) is 0 Å². The predicted molar refractivity (Wildman–Crippen MR) is 83.8 cm³/mol. The zero-order valence-electron chi connectivity index (χ0n) is 11.5. The van der Waals surface area contributed by atoms with Gasteiger partial charge in [0.2, 0.25) is 0 Å². The van der Waals surface area contributed by atoms with E-state index < -0.39 is 0 Å². The third-order valence-corrected chi connectivity index (χ3v) is 3.85. The second-order valence-corrected chi connectivity index (χ2v) is 5.12. The van der Waals surface area contributed by atoms with Crippen LogP contribution < -0.4 is 0 Å². The van der Waals surface area contributed by atoms with Gasteiger partial charge in [-0.15, -0.1) is 0 Å². The Labute approximate surface area is 123 Å². The minimum absolute atomic E-state index is 0.185. The number of allylic oxidation sites excluding steroid dienone is 1. The summed E-state index contributed by atoms with van der Waals surface area (Å²) in [6, 6.07) is 20.9. The molecule has 3 aromatic rings. The van der Waals surface area contributed by atoms with Crippen LogP contribution in [0.2, 0.25) is 0 Å². The highest BCUT2D eigenvalue weighted by Crippen LogP contribution is 2.40. The zero-order valence-corrected chi connectivity index (χ0v) is 11.5. The summed E-state index contributed by atoms with van der Waals surface area (Å²) in [6.45, 7) is 0. The van der Waals surface area contributed by atoms with E-state index in [1.54, 1.807) is 12.4 Å². The zero-order chi connectivity index (χ0) is 14.1. The van der Waals surface area contributed by atoms with Gasteiger partial charge in [0, 0.05) is 23.9 Å². The molecule has 0 bridgehead atoms. The van der Waals surface area contributed by atoms with Crippen LogP contribution in [-0.2, 0) is 0 Å². The first-order valence-corrected chi connectivity index (χ1v) is 7.07. The van der Waals surface area contributed by atoms with E-state index in [1.807, 2.05) is 12.1 Å². The van der Waals surface area contributed by atoms with Crippen molar-refractivity contribution in [1.29, 1.82) is 0 Å². The maximum Gasteiger partial charge on any atom is 0.0930 e. The Bertz CT molecular complexity index is 792. The molecule has 2 nitrogen and oxygen atoms in total. The smallest absolute Gasteiger partial charge is 0.0930 e. The molecule has 0 N–H and O–H groups in total. The second kappa shape index (κ2) is 4.98. The van der Waals surface area contributed by atoms with Crippen LogP contribution in [-0.4, -0.2) is 9.97 Å². The molecular weight excluding hydrogens is 256 g/mol. The molecule has 0 amide bonds. The summed E-state index contributed by atoms with van der Waals surface area (Å²) >= 11 is 0. The number of aromatic nitrogens is 2. The van der Waals surface area contributed by atoms with E-state index in [0.29, 0.717) is 0 Å². The molecule has 2 heteroatoms. The quantitative estimate of drug-likeness (QED) is 0.702. The minimum atomic E-state index is 0.185. The van der Waals surface area contributed by atoms with Gasteiger partial charge >= 0.3 is 0 Å². The first-order valence-electron chi connectivity index (χ1n) is 7.07. The highest BCUT2D eigenvalue weighted by Gasteiger charge is 2.27. The SMILES string of the molecule is C1=C(c2ccccc2)c2nccnc2C1c1ccccc1. The van der Waals surface area contributed by atoms with Crippen molar-refractivity contribution in [1.82, 2.24) is 9.97 Å². The van der Waals surface area contributed by atoms with Crippen LogP contribution in [0.15, 0.2) is 79.1 Å². The Kier molecular flexibility index (Phi) is 2.86. The van der Waals surface area contributed by atoms with Gasteiger partial charge in [0.05, 0.1) is 11.4 Å². The Balaban J connectivity index is 1.89. The molecule has 1 atom stereocenters. The third-order valence-electron chi connectivity index (χ3n) is 3.85. The number of hydrogen-bond donors (Lipinski definition) is 0. The van der Waals surface area contributed by atoms with E-state index in [2.05, 4.69) is 64.6 Å². The molecule has 0 radical (unpaired) electrons. The summed E-state index contributed by atoms with van der Waals surface area (Å²) in [5, 5.41) is 0. The van der Waals surface area contributed by atoms with Crippen molar-refractivity contribution in [2.45, 2.75) is 5.92 Å². The van der Waals surface area contributed by atoms with Crippen molar-refractivity contribution in [2.24, 2.45) is 0 Å². The molecule has 0 aliphatic heterocycles. The molecule has 0 saturated heterocycles. The van der Waals surface area contributed by atoms with Gasteiger partial charge in [-0.25, -0.2) is 0 Å². The topological polar surface area (TPSA) is 25.8 Å². The molecule has 1 unspecified atom stereocenters. The lowest BCUT2D eigenvalue weighted by Crippen LogP contribution is -2.00. The van der Waals surface area contributed by atoms with Crippen LogP contribution in [0.5, 0.6) is 0 Å². The average molecular weight is 270 g/mol. The van der Waals surface area contributed by atoms with E-state index in [1.165, 1.54) is 16.7 Å². The Morgan fingerprint density at radius 1 is 0.714 bits per heavy atom. The highest BCUT2D eigenvalue weighted by molar-refractivity contribution is 5.84. The summed E-state index contributed by atoms with van der Waals surface area (Å²) in [7, 11) is 0. The summed E-state index contributed by atoms with van der Waals surface area (Å²) in [5.74, 6) is 0.185. The molecule has 4 rings (SSSR count). The molecule has 1 aliphatic rings. The average Bonchev–Trinajstić information content (AvgIpc) is 2.96. The molecule has 1 heterocycles. The molecule has 0 spiro atoms. The van der Waals surface area contributed by atoms with Gasteiger partial charge < -0.3 is 0 Å². The van der Waals surface area contributed by atoms with Gasteiger partial charge in [-0.1, -0.05) is 66.7 Å².